The SMILES string of the molecule is CCc1nn(C)c(CC(N)c2ccc(OC)c(C)c2)c1Br. The summed E-state index contributed by atoms with van der Waals surface area (Å²) in [7, 11) is 3.65. The lowest BCUT2D eigenvalue weighted by atomic mass is 10.0. The summed E-state index contributed by atoms with van der Waals surface area (Å²) in [6.45, 7) is 4.13. The molecule has 1 aromatic heterocycles. The molecule has 2 aromatic rings. The van der Waals surface area contributed by atoms with Gasteiger partial charge in [0.2, 0.25) is 0 Å². The highest BCUT2D eigenvalue weighted by Gasteiger charge is 2.17. The van der Waals surface area contributed by atoms with E-state index in [-0.39, 0.29) is 6.04 Å². The van der Waals surface area contributed by atoms with Crippen molar-refractivity contribution in [3.05, 3.63) is 45.2 Å². The smallest absolute Gasteiger partial charge is 0.121 e. The number of nitrogens with zero attached hydrogens (tertiary/aromatic N) is 2. The van der Waals surface area contributed by atoms with Gasteiger partial charge in [0, 0.05) is 19.5 Å². The molecule has 0 aliphatic rings. The average molecular weight is 352 g/mol. The molecule has 0 spiro atoms. The quantitative estimate of drug-likeness (QED) is 0.898. The van der Waals surface area contributed by atoms with Crippen LogP contribution in [0.4, 0.5) is 0 Å². The first-order valence-electron chi connectivity index (χ1n) is 7.08. The van der Waals surface area contributed by atoms with Gasteiger partial charge < -0.3 is 10.5 Å². The first kappa shape index (κ1) is 16.0. The van der Waals surface area contributed by atoms with E-state index in [1.54, 1.807) is 7.11 Å². The van der Waals surface area contributed by atoms with Crippen molar-refractivity contribution < 1.29 is 4.74 Å². The lowest BCUT2D eigenvalue weighted by Crippen LogP contribution is -2.16. The van der Waals surface area contributed by atoms with Gasteiger partial charge in [-0.2, -0.15) is 5.10 Å². The second-order valence-corrected chi connectivity index (χ2v) is 6.02. The zero-order chi connectivity index (χ0) is 15.6. The standard InChI is InChI=1S/C16H22BrN3O/c1-5-13-16(17)14(20(3)19-13)9-12(18)11-6-7-15(21-4)10(2)8-11/h6-8,12H,5,9,18H2,1-4H3. The number of aromatic nitrogens is 2. The lowest BCUT2D eigenvalue weighted by molar-refractivity contribution is 0.411. The van der Waals surface area contributed by atoms with Crippen LogP contribution in [-0.2, 0) is 19.9 Å². The Hall–Kier alpha value is -1.33. The van der Waals surface area contributed by atoms with Crippen LogP contribution in [0.25, 0.3) is 0 Å². The highest BCUT2D eigenvalue weighted by Crippen LogP contribution is 2.27. The van der Waals surface area contributed by atoms with Gasteiger partial charge in [0.25, 0.3) is 0 Å². The maximum Gasteiger partial charge on any atom is 0.121 e. The number of benzene rings is 1. The Labute approximate surface area is 134 Å². The van der Waals surface area contributed by atoms with Crippen molar-refractivity contribution in [1.29, 1.82) is 0 Å². The summed E-state index contributed by atoms with van der Waals surface area (Å²) >= 11 is 3.64. The minimum Gasteiger partial charge on any atom is -0.496 e. The van der Waals surface area contributed by atoms with Gasteiger partial charge in [-0.05, 0) is 46.5 Å². The maximum atomic E-state index is 6.37. The van der Waals surface area contributed by atoms with E-state index in [0.29, 0.717) is 0 Å². The zero-order valence-electron chi connectivity index (χ0n) is 13.0. The van der Waals surface area contributed by atoms with E-state index in [0.717, 1.165) is 45.6 Å². The highest BCUT2D eigenvalue weighted by atomic mass is 79.9. The van der Waals surface area contributed by atoms with E-state index in [1.807, 2.05) is 30.8 Å². The second-order valence-electron chi connectivity index (χ2n) is 5.22. The van der Waals surface area contributed by atoms with Crippen LogP contribution in [0.15, 0.2) is 22.7 Å². The van der Waals surface area contributed by atoms with Crippen LogP contribution in [0.2, 0.25) is 0 Å². The number of rotatable bonds is 5. The van der Waals surface area contributed by atoms with Crippen LogP contribution in [0.3, 0.4) is 0 Å². The Morgan fingerprint density at radius 3 is 2.67 bits per heavy atom. The molecule has 0 fully saturated rings. The molecule has 0 saturated heterocycles. The Morgan fingerprint density at radius 1 is 1.43 bits per heavy atom. The van der Waals surface area contributed by atoms with Crippen LogP contribution < -0.4 is 10.5 Å². The average Bonchev–Trinajstić information content (AvgIpc) is 2.74. The summed E-state index contributed by atoms with van der Waals surface area (Å²) in [5.41, 5.74) is 10.8. The molecule has 5 heteroatoms. The minimum atomic E-state index is -0.0639. The molecule has 2 N–H and O–H groups in total. The second kappa shape index (κ2) is 6.62. The van der Waals surface area contributed by atoms with E-state index >= 15 is 0 Å². The molecule has 1 atom stereocenters. The summed E-state index contributed by atoms with van der Waals surface area (Å²) in [6.07, 6.45) is 1.65. The Bertz CT molecular complexity index is 637. The van der Waals surface area contributed by atoms with Crippen molar-refractivity contribution >= 4 is 15.9 Å². The third-order valence-corrected chi connectivity index (χ3v) is 4.68. The largest absolute Gasteiger partial charge is 0.496 e. The van der Waals surface area contributed by atoms with Crippen LogP contribution in [-0.4, -0.2) is 16.9 Å². The molecule has 0 aliphatic heterocycles. The van der Waals surface area contributed by atoms with Crippen LogP contribution >= 0.6 is 15.9 Å². The molecule has 21 heavy (non-hydrogen) atoms. The Kier molecular flexibility index (Phi) is 5.06. The summed E-state index contributed by atoms with van der Waals surface area (Å²) in [5, 5.41) is 4.51. The van der Waals surface area contributed by atoms with Gasteiger partial charge in [0.1, 0.15) is 5.75 Å². The predicted molar refractivity (Wildman–Crippen MR) is 88.6 cm³/mol. The number of hydrogen-bond acceptors (Lipinski definition) is 3. The topological polar surface area (TPSA) is 53.1 Å². The Balaban J connectivity index is 2.24. The maximum absolute atomic E-state index is 6.37. The molecule has 2 rings (SSSR count). The van der Waals surface area contributed by atoms with Crippen molar-refractivity contribution in [1.82, 2.24) is 9.78 Å². The number of methoxy groups -OCH3 is 1. The van der Waals surface area contributed by atoms with E-state index in [4.69, 9.17) is 10.5 Å². The normalized spacial score (nSPS) is 12.5. The molecule has 1 heterocycles. The number of halogens is 1. The lowest BCUT2D eigenvalue weighted by Gasteiger charge is -2.15. The van der Waals surface area contributed by atoms with Crippen LogP contribution in [0.1, 0.15) is 35.5 Å². The molecule has 1 unspecified atom stereocenters. The van der Waals surface area contributed by atoms with Crippen molar-refractivity contribution in [2.24, 2.45) is 12.8 Å². The first-order valence-corrected chi connectivity index (χ1v) is 7.87. The molecular weight excluding hydrogens is 330 g/mol. The number of aryl methyl sites for hydroxylation is 3. The monoisotopic (exact) mass is 351 g/mol. The van der Waals surface area contributed by atoms with Gasteiger partial charge in [-0.3, -0.25) is 4.68 Å². The van der Waals surface area contributed by atoms with Gasteiger partial charge in [0.15, 0.2) is 0 Å². The fourth-order valence-electron chi connectivity index (χ4n) is 2.50. The number of nitrogens with two attached hydrogens (primary N) is 1. The predicted octanol–water partition coefficient (Wildman–Crippen LogP) is 3.30. The van der Waals surface area contributed by atoms with Gasteiger partial charge >= 0.3 is 0 Å². The van der Waals surface area contributed by atoms with Gasteiger partial charge in [-0.25, -0.2) is 0 Å². The van der Waals surface area contributed by atoms with E-state index < -0.39 is 0 Å². The van der Waals surface area contributed by atoms with Gasteiger partial charge in [0.05, 0.1) is 23.0 Å². The molecule has 0 aliphatic carbocycles. The summed E-state index contributed by atoms with van der Waals surface area (Å²) in [6, 6.07) is 6.03. The molecule has 0 saturated carbocycles. The van der Waals surface area contributed by atoms with Crippen LogP contribution in [0, 0.1) is 6.92 Å². The van der Waals surface area contributed by atoms with Crippen molar-refractivity contribution in [2.75, 3.05) is 7.11 Å². The van der Waals surface area contributed by atoms with Gasteiger partial charge in [-0.1, -0.05) is 19.1 Å². The van der Waals surface area contributed by atoms with Crippen molar-refractivity contribution in [3.8, 4) is 5.75 Å². The van der Waals surface area contributed by atoms with Crippen LogP contribution in [0.5, 0.6) is 5.75 Å². The fraction of sp³-hybridized carbons (Fsp3) is 0.438. The van der Waals surface area contributed by atoms with E-state index in [9.17, 15) is 0 Å². The highest BCUT2D eigenvalue weighted by molar-refractivity contribution is 9.10. The zero-order valence-corrected chi connectivity index (χ0v) is 14.6. The van der Waals surface area contributed by atoms with E-state index in [1.165, 1.54) is 0 Å². The molecule has 1 aromatic carbocycles. The summed E-state index contributed by atoms with van der Waals surface area (Å²) < 4.78 is 8.28. The Morgan fingerprint density at radius 2 is 2.14 bits per heavy atom. The van der Waals surface area contributed by atoms with Gasteiger partial charge in [-0.15, -0.1) is 0 Å². The summed E-state index contributed by atoms with van der Waals surface area (Å²) in [5.74, 6) is 0.890. The summed E-state index contributed by atoms with van der Waals surface area (Å²) in [4.78, 5) is 0. The fourth-order valence-corrected chi connectivity index (χ4v) is 3.28. The molecule has 4 nitrogen and oxygen atoms in total. The third-order valence-electron chi connectivity index (χ3n) is 3.76. The van der Waals surface area contributed by atoms with E-state index in [2.05, 4.69) is 34.0 Å². The third kappa shape index (κ3) is 3.30. The number of ether oxygens (including phenoxy) is 1. The molecule has 0 amide bonds. The molecule has 114 valence electrons. The van der Waals surface area contributed by atoms with Crippen molar-refractivity contribution in [2.45, 2.75) is 32.7 Å². The molecular formula is C16H22BrN3O. The van der Waals surface area contributed by atoms with Crippen molar-refractivity contribution in [3.63, 3.8) is 0 Å². The minimum absolute atomic E-state index is 0.0639. The molecule has 0 bridgehead atoms. The first-order chi connectivity index (χ1) is 9.97. The number of hydrogen-bond donors (Lipinski definition) is 1. The molecule has 0 radical (unpaired) electrons.